The monoisotopic (exact) mass is 475 g/mol. The molecule has 1 aliphatic rings. The molecule has 1 aromatic carbocycles. The van der Waals surface area contributed by atoms with E-state index in [9.17, 15) is 0 Å². The fraction of sp³-hybridized carbons (Fsp3) is 0.632. The van der Waals surface area contributed by atoms with Gasteiger partial charge in [0, 0.05) is 57.6 Å². The molecule has 1 saturated heterocycles. The van der Waals surface area contributed by atoms with E-state index in [4.69, 9.17) is 10.5 Å². The Hall–Kier alpha value is -0.900. The Kier molecular flexibility index (Phi) is 11.1. The molecule has 2 rings (SSSR count). The summed E-state index contributed by atoms with van der Waals surface area (Å²) in [6.07, 6.45) is 0. The second-order valence-corrected chi connectivity index (χ2v) is 6.78. The predicted octanol–water partition coefficient (Wildman–Crippen LogP) is 2.45. The van der Waals surface area contributed by atoms with Crippen molar-refractivity contribution < 1.29 is 4.74 Å². The minimum absolute atomic E-state index is 0. The minimum Gasteiger partial charge on any atom is -0.380 e. The van der Waals surface area contributed by atoms with Gasteiger partial charge >= 0.3 is 0 Å². The van der Waals surface area contributed by atoms with Crippen LogP contribution in [0.2, 0.25) is 0 Å². The highest BCUT2D eigenvalue weighted by Gasteiger charge is 2.17. The number of nitrogens with two attached hydrogens (primary N) is 1. The van der Waals surface area contributed by atoms with Crippen molar-refractivity contribution in [1.82, 2.24) is 9.80 Å². The van der Waals surface area contributed by atoms with E-state index in [-0.39, 0.29) is 24.0 Å². The number of methoxy groups -OCH3 is 1. The summed E-state index contributed by atoms with van der Waals surface area (Å²) in [5.41, 5.74) is 8.09. The molecule has 1 unspecified atom stereocenters. The third-order valence-electron chi connectivity index (χ3n) is 4.64. The third-order valence-corrected chi connectivity index (χ3v) is 4.64. The van der Waals surface area contributed by atoms with Crippen LogP contribution in [0.1, 0.15) is 19.4 Å². The molecule has 7 heteroatoms. The zero-order chi connectivity index (χ0) is 18.1. The van der Waals surface area contributed by atoms with Gasteiger partial charge < -0.3 is 25.6 Å². The van der Waals surface area contributed by atoms with Gasteiger partial charge in [-0.2, -0.15) is 0 Å². The summed E-state index contributed by atoms with van der Waals surface area (Å²) < 4.78 is 5.22. The van der Waals surface area contributed by atoms with Crippen LogP contribution in [0.5, 0.6) is 0 Å². The number of guanidine groups is 1. The SMILES string of the molecule is CCN1CCN(CC(C)CN=C(N)Nc2ccccc2COC)CC1.I. The van der Waals surface area contributed by atoms with E-state index >= 15 is 0 Å². The molecule has 0 radical (unpaired) electrons. The summed E-state index contributed by atoms with van der Waals surface area (Å²) in [5, 5.41) is 3.20. The maximum atomic E-state index is 6.07. The molecular weight excluding hydrogens is 441 g/mol. The van der Waals surface area contributed by atoms with Gasteiger partial charge in [0.1, 0.15) is 0 Å². The van der Waals surface area contributed by atoms with E-state index in [2.05, 4.69) is 34.0 Å². The Balaban J connectivity index is 0.00000338. The number of likely N-dealkylation sites (N-methyl/N-ethyl adjacent to an activating group) is 1. The molecule has 0 aromatic heterocycles. The quantitative estimate of drug-likeness (QED) is 0.344. The molecule has 26 heavy (non-hydrogen) atoms. The highest BCUT2D eigenvalue weighted by molar-refractivity contribution is 14.0. The molecule has 0 spiro atoms. The number of hydrogen-bond donors (Lipinski definition) is 2. The van der Waals surface area contributed by atoms with E-state index in [0.29, 0.717) is 18.5 Å². The van der Waals surface area contributed by atoms with E-state index in [1.807, 2.05) is 24.3 Å². The molecule has 1 aliphatic heterocycles. The smallest absolute Gasteiger partial charge is 0.193 e. The zero-order valence-corrected chi connectivity index (χ0v) is 18.6. The highest BCUT2D eigenvalue weighted by Crippen LogP contribution is 2.15. The lowest BCUT2D eigenvalue weighted by Crippen LogP contribution is -2.47. The number of ether oxygens (including phenoxy) is 1. The first-order chi connectivity index (χ1) is 12.1. The number of nitrogens with zero attached hydrogens (tertiary/aromatic N) is 3. The number of benzene rings is 1. The molecule has 1 atom stereocenters. The maximum Gasteiger partial charge on any atom is 0.193 e. The van der Waals surface area contributed by atoms with Crippen molar-refractivity contribution >= 4 is 35.6 Å². The first kappa shape index (κ1) is 23.1. The van der Waals surface area contributed by atoms with E-state index in [1.165, 1.54) is 13.1 Å². The van der Waals surface area contributed by atoms with Crippen molar-refractivity contribution in [3.8, 4) is 0 Å². The van der Waals surface area contributed by atoms with Crippen LogP contribution in [0.4, 0.5) is 5.69 Å². The topological polar surface area (TPSA) is 66.1 Å². The molecule has 0 saturated carbocycles. The number of para-hydroxylation sites is 1. The molecule has 1 aromatic rings. The number of aliphatic imine (C=N–C) groups is 1. The average molecular weight is 475 g/mol. The van der Waals surface area contributed by atoms with Crippen LogP contribution in [0.25, 0.3) is 0 Å². The summed E-state index contributed by atoms with van der Waals surface area (Å²) >= 11 is 0. The van der Waals surface area contributed by atoms with E-state index < -0.39 is 0 Å². The van der Waals surface area contributed by atoms with Crippen LogP contribution < -0.4 is 11.1 Å². The summed E-state index contributed by atoms with van der Waals surface area (Å²) in [4.78, 5) is 9.55. The van der Waals surface area contributed by atoms with Gasteiger partial charge in [-0.25, -0.2) is 0 Å². The Morgan fingerprint density at radius 2 is 1.88 bits per heavy atom. The lowest BCUT2D eigenvalue weighted by Gasteiger charge is -2.35. The Morgan fingerprint density at radius 1 is 1.23 bits per heavy atom. The van der Waals surface area contributed by atoms with Crippen molar-refractivity contribution in [2.75, 3.05) is 58.2 Å². The maximum absolute atomic E-state index is 6.07. The number of nitrogens with one attached hydrogen (secondary N) is 1. The van der Waals surface area contributed by atoms with Crippen LogP contribution in [0, 0.1) is 5.92 Å². The Labute approximate surface area is 175 Å². The fourth-order valence-electron chi connectivity index (χ4n) is 3.14. The molecule has 6 nitrogen and oxygen atoms in total. The van der Waals surface area contributed by atoms with Crippen LogP contribution in [0.3, 0.4) is 0 Å². The number of halogens is 1. The molecule has 1 heterocycles. The van der Waals surface area contributed by atoms with Crippen molar-refractivity contribution in [2.45, 2.75) is 20.5 Å². The van der Waals surface area contributed by atoms with Crippen LogP contribution in [-0.4, -0.2) is 68.7 Å². The van der Waals surface area contributed by atoms with Gasteiger partial charge in [-0.1, -0.05) is 32.0 Å². The lowest BCUT2D eigenvalue weighted by atomic mass is 10.1. The summed E-state index contributed by atoms with van der Waals surface area (Å²) in [5.74, 6) is 0.953. The number of hydrogen-bond acceptors (Lipinski definition) is 4. The number of rotatable bonds is 8. The average Bonchev–Trinajstić information content (AvgIpc) is 2.62. The predicted molar refractivity (Wildman–Crippen MR) is 120 cm³/mol. The molecule has 1 fully saturated rings. The molecule has 3 N–H and O–H groups in total. The second-order valence-electron chi connectivity index (χ2n) is 6.78. The van der Waals surface area contributed by atoms with Gasteiger partial charge in [0.15, 0.2) is 5.96 Å². The van der Waals surface area contributed by atoms with Crippen molar-refractivity contribution in [1.29, 1.82) is 0 Å². The molecular formula is C19H34IN5O. The molecule has 0 bridgehead atoms. The van der Waals surface area contributed by atoms with Gasteiger partial charge in [-0.05, 0) is 18.5 Å². The van der Waals surface area contributed by atoms with Crippen molar-refractivity contribution in [2.24, 2.45) is 16.6 Å². The first-order valence-corrected chi connectivity index (χ1v) is 9.20. The van der Waals surface area contributed by atoms with E-state index in [1.54, 1.807) is 7.11 Å². The second kappa shape index (κ2) is 12.5. The summed E-state index contributed by atoms with van der Waals surface area (Å²) in [6, 6.07) is 7.99. The zero-order valence-electron chi connectivity index (χ0n) is 16.3. The summed E-state index contributed by atoms with van der Waals surface area (Å²) in [7, 11) is 1.69. The van der Waals surface area contributed by atoms with Crippen molar-refractivity contribution in [3.63, 3.8) is 0 Å². The van der Waals surface area contributed by atoms with Gasteiger partial charge in [0.2, 0.25) is 0 Å². The highest BCUT2D eigenvalue weighted by atomic mass is 127. The number of anilines is 1. The summed E-state index contributed by atoms with van der Waals surface area (Å²) in [6.45, 7) is 12.6. The third kappa shape index (κ3) is 7.77. The van der Waals surface area contributed by atoms with Crippen LogP contribution in [0.15, 0.2) is 29.3 Å². The van der Waals surface area contributed by atoms with Gasteiger partial charge in [0.25, 0.3) is 0 Å². The molecule has 0 amide bonds. The van der Waals surface area contributed by atoms with E-state index in [0.717, 1.165) is 44.0 Å². The minimum atomic E-state index is 0. The fourth-order valence-corrected chi connectivity index (χ4v) is 3.14. The lowest BCUT2D eigenvalue weighted by molar-refractivity contribution is 0.125. The molecule has 0 aliphatic carbocycles. The van der Waals surface area contributed by atoms with Crippen LogP contribution in [-0.2, 0) is 11.3 Å². The largest absolute Gasteiger partial charge is 0.380 e. The standard InChI is InChI=1S/C19H33N5O.HI/c1-4-23-9-11-24(12-10-23)14-16(2)13-21-19(20)22-18-8-6-5-7-17(18)15-25-3;/h5-8,16H,4,9-15H2,1-3H3,(H3,20,21,22);1H. The molecule has 148 valence electrons. The van der Waals surface area contributed by atoms with Crippen molar-refractivity contribution in [3.05, 3.63) is 29.8 Å². The first-order valence-electron chi connectivity index (χ1n) is 9.20. The Bertz CT molecular complexity index is 546. The van der Waals surface area contributed by atoms with Gasteiger partial charge in [-0.3, -0.25) is 4.99 Å². The van der Waals surface area contributed by atoms with Crippen LogP contribution >= 0.6 is 24.0 Å². The number of piperazine rings is 1. The normalized spacial score (nSPS) is 17.6. The Morgan fingerprint density at radius 3 is 2.54 bits per heavy atom. The van der Waals surface area contributed by atoms with Gasteiger partial charge in [-0.15, -0.1) is 24.0 Å². The van der Waals surface area contributed by atoms with Gasteiger partial charge in [0.05, 0.1) is 6.61 Å².